The highest BCUT2D eigenvalue weighted by Crippen LogP contribution is 2.33. The van der Waals surface area contributed by atoms with Crippen LogP contribution in [0.25, 0.3) is 0 Å². The summed E-state index contributed by atoms with van der Waals surface area (Å²) >= 11 is 0. The third kappa shape index (κ3) is 4.64. The Morgan fingerprint density at radius 1 is 1.00 bits per heavy atom. The van der Waals surface area contributed by atoms with Crippen LogP contribution in [0.2, 0.25) is 0 Å². The van der Waals surface area contributed by atoms with Crippen LogP contribution in [0.15, 0.2) is 30.3 Å². The maximum atomic E-state index is 12.9. The zero-order chi connectivity index (χ0) is 17.9. The number of nitrogens with one attached hydrogen (secondary N) is 2. The number of carbonyl (C=O) groups is 2. The van der Waals surface area contributed by atoms with E-state index in [-0.39, 0.29) is 36.3 Å². The molecule has 148 valence electrons. The fourth-order valence-corrected chi connectivity index (χ4v) is 4.83. The first kappa shape index (κ1) is 20.2. The molecule has 0 bridgehead atoms. The predicted molar refractivity (Wildman–Crippen MR) is 108 cm³/mol. The Labute approximate surface area is 167 Å². The summed E-state index contributed by atoms with van der Waals surface area (Å²) in [6.45, 7) is 1.48. The van der Waals surface area contributed by atoms with E-state index in [0.717, 1.165) is 32.4 Å². The van der Waals surface area contributed by atoms with E-state index in [1.807, 2.05) is 35.2 Å². The first-order valence-electron chi connectivity index (χ1n) is 10.1. The van der Waals surface area contributed by atoms with E-state index in [1.165, 1.54) is 25.7 Å². The number of likely N-dealkylation sites (tertiary alicyclic amines) is 1. The molecule has 3 unspecified atom stereocenters. The molecule has 3 aliphatic rings. The highest BCUT2D eigenvalue weighted by Gasteiger charge is 2.40. The van der Waals surface area contributed by atoms with Crippen molar-refractivity contribution in [1.82, 2.24) is 15.5 Å². The van der Waals surface area contributed by atoms with Crippen molar-refractivity contribution in [2.75, 3.05) is 13.1 Å². The summed E-state index contributed by atoms with van der Waals surface area (Å²) in [7, 11) is 0. The standard InChI is InChI=1S/C21H29N3O2.ClH/c25-20(15-6-2-1-3-7-15)22-17-10-12-24(13-11-17)21(26)19-14-16-8-4-5-9-18(16)23-19;/h1-3,6-7,16-19,23H,4-5,8-14H2,(H,22,25);1H. The lowest BCUT2D eigenvalue weighted by atomic mass is 9.85. The molecule has 0 radical (unpaired) electrons. The lowest BCUT2D eigenvalue weighted by Gasteiger charge is -2.34. The normalized spacial score (nSPS) is 28.1. The van der Waals surface area contributed by atoms with Gasteiger partial charge in [-0.15, -0.1) is 12.4 Å². The zero-order valence-corrected chi connectivity index (χ0v) is 16.5. The Morgan fingerprint density at radius 3 is 2.41 bits per heavy atom. The first-order valence-corrected chi connectivity index (χ1v) is 10.1. The third-order valence-electron chi connectivity index (χ3n) is 6.34. The van der Waals surface area contributed by atoms with Gasteiger partial charge >= 0.3 is 0 Å². The molecule has 1 saturated carbocycles. The van der Waals surface area contributed by atoms with Crippen molar-refractivity contribution in [2.45, 2.75) is 63.1 Å². The molecule has 4 rings (SSSR count). The van der Waals surface area contributed by atoms with E-state index in [1.54, 1.807) is 0 Å². The van der Waals surface area contributed by atoms with Crippen LogP contribution >= 0.6 is 12.4 Å². The third-order valence-corrected chi connectivity index (χ3v) is 6.34. The van der Waals surface area contributed by atoms with Crippen LogP contribution in [-0.4, -0.2) is 47.9 Å². The van der Waals surface area contributed by atoms with Crippen LogP contribution in [0.5, 0.6) is 0 Å². The maximum absolute atomic E-state index is 12.9. The number of benzene rings is 1. The highest BCUT2D eigenvalue weighted by atomic mass is 35.5. The van der Waals surface area contributed by atoms with Gasteiger partial charge in [0.1, 0.15) is 0 Å². The second-order valence-corrected chi connectivity index (χ2v) is 8.05. The predicted octanol–water partition coefficient (Wildman–Crippen LogP) is 2.75. The molecule has 2 amide bonds. The van der Waals surface area contributed by atoms with Crippen molar-refractivity contribution in [3.05, 3.63) is 35.9 Å². The largest absolute Gasteiger partial charge is 0.349 e. The molecule has 1 aromatic carbocycles. The summed E-state index contributed by atoms with van der Waals surface area (Å²) in [5.74, 6) is 0.949. The van der Waals surface area contributed by atoms with Gasteiger partial charge in [0.2, 0.25) is 5.91 Å². The minimum Gasteiger partial charge on any atom is -0.349 e. The van der Waals surface area contributed by atoms with Crippen LogP contribution in [0.3, 0.4) is 0 Å². The molecular weight excluding hydrogens is 362 g/mol. The Hall–Kier alpha value is -1.59. The van der Waals surface area contributed by atoms with Gasteiger partial charge in [0, 0.05) is 30.7 Å². The van der Waals surface area contributed by atoms with Crippen LogP contribution in [0.4, 0.5) is 0 Å². The van der Waals surface area contributed by atoms with Crippen LogP contribution in [-0.2, 0) is 4.79 Å². The van der Waals surface area contributed by atoms with Crippen molar-refractivity contribution in [3.63, 3.8) is 0 Å². The SMILES string of the molecule is Cl.O=C(NC1CCN(C(=O)C2CC3CCCCC3N2)CC1)c1ccccc1. The summed E-state index contributed by atoms with van der Waals surface area (Å²) in [4.78, 5) is 27.2. The second-order valence-electron chi connectivity index (χ2n) is 8.05. The average Bonchev–Trinajstić information content (AvgIpc) is 3.13. The average molecular weight is 392 g/mol. The molecule has 1 aromatic rings. The molecule has 6 heteroatoms. The molecule has 27 heavy (non-hydrogen) atoms. The number of rotatable bonds is 3. The summed E-state index contributed by atoms with van der Waals surface area (Å²) in [5, 5.41) is 6.71. The molecule has 2 heterocycles. The van der Waals surface area contributed by atoms with Gasteiger partial charge in [0.15, 0.2) is 0 Å². The number of hydrogen-bond acceptors (Lipinski definition) is 3. The fourth-order valence-electron chi connectivity index (χ4n) is 4.83. The minimum atomic E-state index is -0.0167. The minimum absolute atomic E-state index is 0. The molecule has 3 fully saturated rings. The molecule has 2 saturated heterocycles. The smallest absolute Gasteiger partial charge is 0.251 e. The van der Waals surface area contributed by atoms with Gasteiger partial charge in [-0.1, -0.05) is 31.0 Å². The first-order chi connectivity index (χ1) is 12.7. The fraction of sp³-hybridized carbons (Fsp3) is 0.619. The van der Waals surface area contributed by atoms with Gasteiger partial charge < -0.3 is 15.5 Å². The molecule has 2 aliphatic heterocycles. The van der Waals surface area contributed by atoms with Crippen LogP contribution < -0.4 is 10.6 Å². The Kier molecular flexibility index (Phi) is 6.77. The van der Waals surface area contributed by atoms with E-state index >= 15 is 0 Å². The molecular formula is C21H30ClN3O2. The van der Waals surface area contributed by atoms with Gasteiger partial charge in [-0.3, -0.25) is 9.59 Å². The number of amides is 2. The van der Waals surface area contributed by atoms with Gasteiger partial charge in [0.25, 0.3) is 5.91 Å². The van der Waals surface area contributed by atoms with Crippen LogP contribution in [0.1, 0.15) is 55.3 Å². The zero-order valence-electron chi connectivity index (χ0n) is 15.7. The number of hydrogen-bond donors (Lipinski definition) is 2. The molecule has 0 spiro atoms. The Morgan fingerprint density at radius 2 is 1.70 bits per heavy atom. The van der Waals surface area contributed by atoms with Crippen LogP contribution in [0, 0.1) is 5.92 Å². The highest BCUT2D eigenvalue weighted by molar-refractivity contribution is 5.94. The van der Waals surface area contributed by atoms with Crippen molar-refractivity contribution in [1.29, 1.82) is 0 Å². The van der Waals surface area contributed by atoms with Crippen molar-refractivity contribution < 1.29 is 9.59 Å². The molecule has 5 nitrogen and oxygen atoms in total. The number of fused-ring (bicyclic) bond motifs is 1. The number of nitrogens with zero attached hydrogens (tertiary/aromatic N) is 1. The van der Waals surface area contributed by atoms with Crippen molar-refractivity contribution in [2.24, 2.45) is 5.92 Å². The van der Waals surface area contributed by atoms with Gasteiger partial charge in [0.05, 0.1) is 6.04 Å². The second kappa shape index (κ2) is 9.07. The monoisotopic (exact) mass is 391 g/mol. The van der Waals surface area contributed by atoms with E-state index in [0.29, 0.717) is 17.5 Å². The lowest BCUT2D eigenvalue weighted by molar-refractivity contribution is -0.134. The molecule has 2 N–H and O–H groups in total. The van der Waals surface area contributed by atoms with Crippen molar-refractivity contribution in [3.8, 4) is 0 Å². The number of piperidine rings is 1. The van der Waals surface area contributed by atoms with Crippen molar-refractivity contribution >= 4 is 24.2 Å². The van der Waals surface area contributed by atoms with Gasteiger partial charge in [-0.05, 0) is 50.2 Å². The van der Waals surface area contributed by atoms with E-state index in [9.17, 15) is 9.59 Å². The Bertz CT molecular complexity index is 632. The lowest BCUT2D eigenvalue weighted by Crippen LogP contribution is -2.51. The number of carbonyl (C=O) groups excluding carboxylic acids is 2. The maximum Gasteiger partial charge on any atom is 0.251 e. The van der Waals surface area contributed by atoms with E-state index in [2.05, 4.69) is 10.6 Å². The summed E-state index contributed by atoms with van der Waals surface area (Å²) < 4.78 is 0. The van der Waals surface area contributed by atoms with Gasteiger partial charge in [-0.2, -0.15) is 0 Å². The molecule has 0 aromatic heterocycles. The van der Waals surface area contributed by atoms with Gasteiger partial charge in [-0.25, -0.2) is 0 Å². The topological polar surface area (TPSA) is 61.4 Å². The summed E-state index contributed by atoms with van der Waals surface area (Å²) in [6, 6.07) is 10.1. The number of halogens is 1. The summed E-state index contributed by atoms with van der Waals surface area (Å²) in [6.07, 6.45) is 7.79. The van der Waals surface area contributed by atoms with E-state index < -0.39 is 0 Å². The quantitative estimate of drug-likeness (QED) is 0.832. The summed E-state index contributed by atoms with van der Waals surface area (Å²) in [5.41, 5.74) is 0.698. The van der Waals surface area contributed by atoms with E-state index in [4.69, 9.17) is 0 Å². The Balaban J connectivity index is 0.00000210. The molecule has 3 atom stereocenters. The molecule has 1 aliphatic carbocycles.